The maximum atomic E-state index is 12.3. The average Bonchev–Trinajstić information content (AvgIpc) is 2.39. The van der Waals surface area contributed by atoms with E-state index in [-0.39, 0.29) is 11.5 Å². The molecule has 0 aliphatic carbocycles. The first-order valence-electron chi connectivity index (χ1n) is 6.08. The van der Waals surface area contributed by atoms with Gasteiger partial charge < -0.3 is 9.88 Å². The predicted octanol–water partition coefficient (Wildman–Crippen LogP) is 2.01. The summed E-state index contributed by atoms with van der Waals surface area (Å²) in [6.45, 7) is 5.13. The highest BCUT2D eigenvalue weighted by Gasteiger charge is 2.16. The fourth-order valence-corrected chi connectivity index (χ4v) is 2.06. The molecule has 0 bridgehead atoms. The number of pyridine rings is 1. The Kier molecular flexibility index (Phi) is 3.46. The lowest BCUT2D eigenvalue weighted by molar-refractivity contribution is 0.0775. The Morgan fingerprint density at radius 3 is 2.56 bits per heavy atom. The van der Waals surface area contributed by atoms with E-state index in [0.717, 1.165) is 5.39 Å². The first kappa shape index (κ1) is 12.4. The van der Waals surface area contributed by atoms with Crippen molar-refractivity contribution in [2.75, 3.05) is 13.1 Å². The van der Waals surface area contributed by atoms with Crippen LogP contribution in [0.1, 0.15) is 24.2 Å². The fraction of sp³-hybridized carbons (Fsp3) is 0.286. The molecule has 0 unspecified atom stereocenters. The van der Waals surface area contributed by atoms with Gasteiger partial charge in [0, 0.05) is 30.1 Å². The second-order valence-electron chi connectivity index (χ2n) is 4.07. The molecule has 2 rings (SSSR count). The van der Waals surface area contributed by atoms with Crippen LogP contribution in [0.25, 0.3) is 10.9 Å². The smallest absolute Gasteiger partial charge is 0.254 e. The van der Waals surface area contributed by atoms with E-state index >= 15 is 0 Å². The van der Waals surface area contributed by atoms with E-state index in [2.05, 4.69) is 4.98 Å². The Morgan fingerprint density at radius 1 is 1.22 bits per heavy atom. The van der Waals surface area contributed by atoms with E-state index in [4.69, 9.17) is 0 Å². The summed E-state index contributed by atoms with van der Waals surface area (Å²) in [6.07, 6.45) is 0. The van der Waals surface area contributed by atoms with Gasteiger partial charge in [0.25, 0.3) is 5.91 Å². The standard InChI is InChI=1S/C14H16N2O2/c1-3-16(4-2)14(18)11-9-13(17)15-12-8-6-5-7-10(11)12/h5-9H,3-4H2,1-2H3,(H,15,17). The third kappa shape index (κ3) is 2.14. The highest BCUT2D eigenvalue weighted by atomic mass is 16.2. The number of amides is 1. The molecule has 2 aromatic rings. The van der Waals surface area contributed by atoms with Crippen molar-refractivity contribution in [3.63, 3.8) is 0 Å². The normalized spacial score (nSPS) is 10.6. The van der Waals surface area contributed by atoms with E-state index in [1.807, 2.05) is 32.0 Å². The molecule has 1 heterocycles. The molecule has 0 saturated heterocycles. The minimum atomic E-state index is -0.246. The van der Waals surface area contributed by atoms with Crippen molar-refractivity contribution < 1.29 is 4.79 Å². The Balaban J connectivity index is 2.63. The van der Waals surface area contributed by atoms with Crippen molar-refractivity contribution in [1.29, 1.82) is 0 Å². The molecule has 0 fully saturated rings. The van der Waals surface area contributed by atoms with Crippen molar-refractivity contribution in [3.8, 4) is 0 Å². The summed E-state index contributed by atoms with van der Waals surface area (Å²) in [4.78, 5) is 28.4. The molecular formula is C14H16N2O2. The van der Waals surface area contributed by atoms with E-state index in [0.29, 0.717) is 24.2 Å². The summed E-state index contributed by atoms with van der Waals surface area (Å²) in [5.74, 6) is -0.0951. The third-order valence-electron chi connectivity index (χ3n) is 3.03. The summed E-state index contributed by atoms with van der Waals surface area (Å²) in [7, 11) is 0. The maximum Gasteiger partial charge on any atom is 0.254 e. The molecule has 18 heavy (non-hydrogen) atoms. The monoisotopic (exact) mass is 244 g/mol. The van der Waals surface area contributed by atoms with Crippen molar-refractivity contribution in [2.45, 2.75) is 13.8 Å². The highest BCUT2D eigenvalue weighted by Crippen LogP contribution is 2.16. The first-order valence-corrected chi connectivity index (χ1v) is 6.08. The second-order valence-corrected chi connectivity index (χ2v) is 4.07. The van der Waals surface area contributed by atoms with Gasteiger partial charge in [0.05, 0.1) is 5.56 Å². The lowest BCUT2D eigenvalue weighted by Gasteiger charge is -2.19. The Morgan fingerprint density at radius 2 is 1.89 bits per heavy atom. The van der Waals surface area contributed by atoms with Crippen LogP contribution in [0.4, 0.5) is 0 Å². The van der Waals surface area contributed by atoms with E-state index < -0.39 is 0 Å². The summed E-state index contributed by atoms with van der Waals surface area (Å²) in [5, 5.41) is 0.786. The number of nitrogens with one attached hydrogen (secondary N) is 1. The van der Waals surface area contributed by atoms with Crippen molar-refractivity contribution in [1.82, 2.24) is 9.88 Å². The summed E-state index contributed by atoms with van der Waals surface area (Å²) < 4.78 is 0. The Hall–Kier alpha value is -2.10. The van der Waals surface area contributed by atoms with Gasteiger partial charge in [0.15, 0.2) is 0 Å². The number of rotatable bonds is 3. The molecule has 1 aromatic carbocycles. The number of carbonyl (C=O) groups excluding carboxylic acids is 1. The zero-order chi connectivity index (χ0) is 13.1. The van der Waals surface area contributed by atoms with Gasteiger partial charge in [-0.05, 0) is 19.9 Å². The number of hydrogen-bond acceptors (Lipinski definition) is 2. The van der Waals surface area contributed by atoms with Crippen molar-refractivity contribution in [3.05, 3.63) is 46.2 Å². The molecule has 0 spiro atoms. The highest BCUT2D eigenvalue weighted by molar-refractivity contribution is 6.05. The number of nitrogens with zero attached hydrogens (tertiary/aromatic N) is 1. The molecule has 0 atom stereocenters. The molecule has 4 heteroatoms. The number of aromatic nitrogens is 1. The number of benzene rings is 1. The number of carbonyl (C=O) groups is 1. The quantitative estimate of drug-likeness (QED) is 0.898. The summed E-state index contributed by atoms with van der Waals surface area (Å²) >= 11 is 0. The van der Waals surface area contributed by atoms with Crippen molar-refractivity contribution >= 4 is 16.8 Å². The van der Waals surface area contributed by atoms with Crippen LogP contribution in [0.2, 0.25) is 0 Å². The van der Waals surface area contributed by atoms with Gasteiger partial charge in [-0.15, -0.1) is 0 Å². The van der Waals surface area contributed by atoms with Crippen molar-refractivity contribution in [2.24, 2.45) is 0 Å². The lowest BCUT2D eigenvalue weighted by atomic mass is 10.1. The first-order chi connectivity index (χ1) is 8.67. The van der Waals surface area contributed by atoms with Crippen LogP contribution in [0, 0.1) is 0 Å². The fourth-order valence-electron chi connectivity index (χ4n) is 2.06. The third-order valence-corrected chi connectivity index (χ3v) is 3.03. The Bertz CT molecular complexity index is 627. The van der Waals surface area contributed by atoms with Gasteiger partial charge in [-0.1, -0.05) is 18.2 Å². The summed E-state index contributed by atoms with van der Waals surface area (Å²) in [5.41, 5.74) is 0.919. The number of H-pyrrole nitrogens is 1. The summed E-state index contributed by atoms with van der Waals surface area (Å²) in [6, 6.07) is 8.73. The Labute approximate surface area is 105 Å². The molecular weight excluding hydrogens is 228 g/mol. The molecule has 0 radical (unpaired) electrons. The molecule has 0 saturated carbocycles. The van der Waals surface area contributed by atoms with Gasteiger partial charge >= 0.3 is 0 Å². The van der Waals surface area contributed by atoms with E-state index in [1.54, 1.807) is 11.0 Å². The molecule has 0 aliphatic heterocycles. The van der Waals surface area contributed by atoms with E-state index in [1.165, 1.54) is 6.07 Å². The molecule has 4 nitrogen and oxygen atoms in total. The van der Waals surface area contributed by atoms with Crippen LogP contribution in [0.5, 0.6) is 0 Å². The van der Waals surface area contributed by atoms with Gasteiger partial charge in [0.1, 0.15) is 0 Å². The minimum absolute atomic E-state index is 0.0951. The van der Waals surface area contributed by atoms with Crippen LogP contribution in [0.3, 0.4) is 0 Å². The zero-order valence-corrected chi connectivity index (χ0v) is 10.6. The van der Waals surface area contributed by atoms with Crippen LogP contribution in [0.15, 0.2) is 35.1 Å². The molecule has 1 amide bonds. The number of hydrogen-bond donors (Lipinski definition) is 1. The molecule has 1 N–H and O–H groups in total. The topological polar surface area (TPSA) is 53.2 Å². The molecule has 1 aromatic heterocycles. The van der Waals surface area contributed by atoms with E-state index in [9.17, 15) is 9.59 Å². The van der Waals surface area contributed by atoms with Crippen LogP contribution in [-0.2, 0) is 0 Å². The number of fused-ring (bicyclic) bond motifs is 1. The predicted molar refractivity (Wildman–Crippen MR) is 71.8 cm³/mol. The van der Waals surface area contributed by atoms with Crippen LogP contribution in [-0.4, -0.2) is 28.9 Å². The van der Waals surface area contributed by atoms with Crippen LogP contribution >= 0.6 is 0 Å². The van der Waals surface area contributed by atoms with Gasteiger partial charge in [-0.2, -0.15) is 0 Å². The lowest BCUT2D eigenvalue weighted by Crippen LogP contribution is -2.31. The van der Waals surface area contributed by atoms with Gasteiger partial charge in [0.2, 0.25) is 5.56 Å². The van der Waals surface area contributed by atoms with Crippen LogP contribution < -0.4 is 5.56 Å². The minimum Gasteiger partial charge on any atom is -0.339 e. The second kappa shape index (κ2) is 5.04. The number of aromatic amines is 1. The average molecular weight is 244 g/mol. The molecule has 0 aliphatic rings. The zero-order valence-electron chi connectivity index (χ0n) is 10.6. The van der Waals surface area contributed by atoms with Gasteiger partial charge in [-0.25, -0.2) is 0 Å². The SMILES string of the molecule is CCN(CC)C(=O)c1cc(=O)[nH]c2ccccc12. The molecule has 94 valence electrons. The number of para-hydroxylation sites is 1. The van der Waals surface area contributed by atoms with Gasteiger partial charge in [-0.3, -0.25) is 9.59 Å². The maximum absolute atomic E-state index is 12.3. The largest absolute Gasteiger partial charge is 0.339 e.